The third kappa shape index (κ3) is 6.20. The van der Waals surface area contributed by atoms with E-state index in [-0.39, 0.29) is 0 Å². The summed E-state index contributed by atoms with van der Waals surface area (Å²) in [6.07, 6.45) is 3.86. The molecule has 0 saturated carbocycles. The van der Waals surface area contributed by atoms with Gasteiger partial charge in [0.25, 0.3) is 0 Å². The van der Waals surface area contributed by atoms with Crippen LogP contribution in [0.1, 0.15) is 60.8 Å². The van der Waals surface area contributed by atoms with E-state index in [0.717, 1.165) is 6.04 Å². The maximum atomic E-state index is 3.32. The van der Waals surface area contributed by atoms with Crippen LogP contribution in [0.2, 0.25) is 0 Å². The smallest absolute Gasteiger partial charge is 0.0104 e. The highest BCUT2D eigenvalue weighted by Crippen LogP contribution is 2.23. The van der Waals surface area contributed by atoms with Crippen LogP contribution in [0.3, 0.4) is 0 Å². The van der Waals surface area contributed by atoms with E-state index < -0.39 is 0 Å². The Morgan fingerprint density at radius 2 is 1.50 bits per heavy atom. The molecule has 0 spiro atoms. The highest BCUT2D eigenvalue weighted by molar-refractivity contribution is 5.14. The average Bonchev–Trinajstić information content (AvgIpc) is 2.28. The molecular weight excluding hydrogens is 170 g/mol. The minimum absolute atomic E-state index is 0.740. The van der Waals surface area contributed by atoms with Gasteiger partial charge in [0.1, 0.15) is 0 Å². The van der Waals surface area contributed by atoms with Crippen LogP contribution in [0.4, 0.5) is 0 Å². The van der Waals surface area contributed by atoms with Gasteiger partial charge in [0.05, 0.1) is 0 Å². The van der Waals surface area contributed by atoms with Crippen LogP contribution in [0.5, 0.6) is 0 Å². The molecule has 0 aromatic heterocycles. The van der Waals surface area contributed by atoms with Crippen molar-refractivity contribution >= 4 is 0 Å². The predicted octanol–water partition coefficient (Wildman–Crippen LogP) is 4.15. The van der Waals surface area contributed by atoms with Gasteiger partial charge in [0, 0.05) is 6.04 Å². The normalized spacial score (nSPS) is 20.4. The second kappa shape index (κ2) is 10.8. The predicted molar refractivity (Wildman–Crippen MR) is 67.8 cm³/mol. The molecule has 0 aromatic carbocycles. The number of hydrogen-bond donors (Lipinski definition) is 1. The molecule has 1 nitrogen and oxygen atoms in total. The molecule has 86 valence electrons. The second-order valence-corrected chi connectivity index (χ2v) is 3.29. The van der Waals surface area contributed by atoms with Gasteiger partial charge in [0.15, 0.2) is 0 Å². The summed E-state index contributed by atoms with van der Waals surface area (Å²) < 4.78 is 0. The fraction of sp³-hybridized carbons (Fsp3) is 0.846. The van der Waals surface area contributed by atoms with Crippen molar-refractivity contribution in [2.75, 3.05) is 7.05 Å². The molecule has 1 heteroatoms. The first-order valence-electron chi connectivity index (χ1n) is 6.06. The standard InChI is InChI=1S/C9H17N.2C2H6/c1-7-4-5-9(10-3)6-8(7)2;2*1-2/h9-10H,4-6H2,1-3H3;2*1-2H3. The molecule has 1 atom stereocenters. The molecule has 0 radical (unpaired) electrons. The average molecular weight is 199 g/mol. The van der Waals surface area contributed by atoms with Crippen molar-refractivity contribution < 1.29 is 0 Å². The van der Waals surface area contributed by atoms with Crippen LogP contribution >= 0.6 is 0 Å². The van der Waals surface area contributed by atoms with Crippen LogP contribution in [0.25, 0.3) is 0 Å². The van der Waals surface area contributed by atoms with Gasteiger partial charge in [-0.2, -0.15) is 0 Å². The summed E-state index contributed by atoms with van der Waals surface area (Å²) in [6, 6.07) is 0.740. The number of rotatable bonds is 1. The Bertz CT molecular complexity index is 147. The van der Waals surface area contributed by atoms with Crippen LogP contribution in [-0.2, 0) is 0 Å². The topological polar surface area (TPSA) is 12.0 Å². The molecule has 0 fully saturated rings. The highest BCUT2D eigenvalue weighted by atomic mass is 14.9. The molecular formula is C13H29N. The largest absolute Gasteiger partial charge is 0.317 e. The molecule has 0 amide bonds. The summed E-state index contributed by atoms with van der Waals surface area (Å²) in [5, 5.41) is 3.32. The molecule has 1 aliphatic carbocycles. The molecule has 0 saturated heterocycles. The summed E-state index contributed by atoms with van der Waals surface area (Å²) >= 11 is 0. The zero-order chi connectivity index (χ0) is 11.6. The van der Waals surface area contributed by atoms with Crippen LogP contribution in [0, 0.1) is 0 Å². The highest BCUT2D eigenvalue weighted by Gasteiger charge is 2.13. The summed E-state index contributed by atoms with van der Waals surface area (Å²) in [6.45, 7) is 12.5. The van der Waals surface area contributed by atoms with Gasteiger partial charge in [-0.15, -0.1) is 0 Å². The first-order valence-corrected chi connectivity index (χ1v) is 6.06. The lowest BCUT2D eigenvalue weighted by atomic mass is 9.90. The maximum absolute atomic E-state index is 3.32. The van der Waals surface area contributed by atoms with Crippen molar-refractivity contribution in [2.45, 2.75) is 66.8 Å². The van der Waals surface area contributed by atoms with Gasteiger partial charge >= 0.3 is 0 Å². The Morgan fingerprint density at radius 1 is 1.00 bits per heavy atom. The lowest BCUT2D eigenvalue weighted by Crippen LogP contribution is -2.27. The number of nitrogens with one attached hydrogen (secondary N) is 1. The molecule has 0 heterocycles. The molecule has 0 aliphatic heterocycles. The second-order valence-electron chi connectivity index (χ2n) is 3.29. The molecule has 0 bridgehead atoms. The Labute approximate surface area is 91.0 Å². The lowest BCUT2D eigenvalue weighted by molar-refractivity contribution is 0.492. The van der Waals surface area contributed by atoms with Crippen molar-refractivity contribution in [1.82, 2.24) is 5.32 Å². The van der Waals surface area contributed by atoms with E-state index in [4.69, 9.17) is 0 Å². The van der Waals surface area contributed by atoms with Crippen LogP contribution in [0.15, 0.2) is 11.1 Å². The number of allylic oxidation sites excluding steroid dienone is 1. The third-order valence-corrected chi connectivity index (χ3v) is 2.56. The van der Waals surface area contributed by atoms with E-state index in [1.807, 2.05) is 27.7 Å². The number of hydrogen-bond acceptors (Lipinski definition) is 1. The van der Waals surface area contributed by atoms with Gasteiger partial charge in [0.2, 0.25) is 0 Å². The van der Waals surface area contributed by atoms with E-state index in [1.165, 1.54) is 19.3 Å². The summed E-state index contributed by atoms with van der Waals surface area (Å²) in [5.41, 5.74) is 3.19. The summed E-state index contributed by atoms with van der Waals surface area (Å²) in [7, 11) is 2.05. The fourth-order valence-corrected chi connectivity index (χ4v) is 1.50. The minimum Gasteiger partial charge on any atom is -0.317 e. The van der Waals surface area contributed by atoms with E-state index in [9.17, 15) is 0 Å². The monoisotopic (exact) mass is 199 g/mol. The molecule has 1 rings (SSSR count). The third-order valence-electron chi connectivity index (χ3n) is 2.56. The zero-order valence-corrected chi connectivity index (χ0v) is 11.2. The molecule has 1 unspecified atom stereocenters. The van der Waals surface area contributed by atoms with Gasteiger partial charge < -0.3 is 5.32 Å². The lowest BCUT2D eigenvalue weighted by Gasteiger charge is -2.23. The fourth-order valence-electron chi connectivity index (χ4n) is 1.50. The quantitative estimate of drug-likeness (QED) is 0.626. The van der Waals surface area contributed by atoms with Crippen molar-refractivity contribution in [3.05, 3.63) is 11.1 Å². The van der Waals surface area contributed by atoms with E-state index in [2.05, 4.69) is 26.2 Å². The van der Waals surface area contributed by atoms with E-state index >= 15 is 0 Å². The SMILES string of the molecule is CC.CC.CNC1CCC(C)=C(C)C1. The van der Waals surface area contributed by atoms with Crippen LogP contribution in [-0.4, -0.2) is 13.1 Å². The summed E-state index contributed by atoms with van der Waals surface area (Å²) in [5.74, 6) is 0. The van der Waals surface area contributed by atoms with Gasteiger partial charge in [-0.25, -0.2) is 0 Å². The first-order chi connectivity index (χ1) is 6.74. The van der Waals surface area contributed by atoms with Crippen LogP contribution < -0.4 is 5.32 Å². The van der Waals surface area contributed by atoms with Gasteiger partial charge in [-0.1, -0.05) is 38.8 Å². The molecule has 1 aliphatic rings. The first kappa shape index (κ1) is 16.1. The van der Waals surface area contributed by atoms with Crippen molar-refractivity contribution in [2.24, 2.45) is 0 Å². The van der Waals surface area contributed by atoms with E-state index in [1.54, 1.807) is 11.1 Å². The van der Waals surface area contributed by atoms with Gasteiger partial charge in [-0.3, -0.25) is 0 Å². The zero-order valence-electron chi connectivity index (χ0n) is 11.2. The Balaban J connectivity index is 0. The molecule has 1 N–H and O–H groups in total. The van der Waals surface area contributed by atoms with E-state index in [0.29, 0.717) is 0 Å². The molecule has 0 aromatic rings. The minimum atomic E-state index is 0.740. The summed E-state index contributed by atoms with van der Waals surface area (Å²) in [4.78, 5) is 0. The van der Waals surface area contributed by atoms with Crippen molar-refractivity contribution in [3.8, 4) is 0 Å². The van der Waals surface area contributed by atoms with Gasteiger partial charge in [-0.05, 0) is 40.2 Å². The Morgan fingerprint density at radius 3 is 1.86 bits per heavy atom. The van der Waals surface area contributed by atoms with Crippen molar-refractivity contribution in [1.29, 1.82) is 0 Å². The Hall–Kier alpha value is -0.300. The Kier molecular flexibility index (Phi) is 12.4. The van der Waals surface area contributed by atoms with Crippen molar-refractivity contribution in [3.63, 3.8) is 0 Å². The molecule has 14 heavy (non-hydrogen) atoms. The maximum Gasteiger partial charge on any atom is 0.0104 e.